The molecule has 0 radical (unpaired) electrons. The van der Waals surface area contributed by atoms with Gasteiger partial charge in [-0.2, -0.15) is 0 Å². The van der Waals surface area contributed by atoms with Crippen LogP contribution in [0.2, 0.25) is 0 Å². The van der Waals surface area contributed by atoms with E-state index in [1.165, 1.54) is 45.4 Å². The van der Waals surface area contributed by atoms with Gasteiger partial charge in [-0.3, -0.25) is 9.80 Å². The van der Waals surface area contributed by atoms with Crippen LogP contribution in [0.5, 0.6) is 0 Å². The molecule has 2 aliphatic rings. The van der Waals surface area contributed by atoms with Gasteiger partial charge in [0.25, 0.3) is 0 Å². The van der Waals surface area contributed by atoms with Crippen molar-refractivity contribution in [1.82, 2.24) is 9.80 Å². The maximum atomic E-state index is 5.80. The van der Waals surface area contributed by atoms with E-state index in [-0.39, 0.29) is 0 Å². The Morgan fingerprint density at radius 1 is 1.12 bits per heavy atom. The summed E-state index contributed by atoms with van der Waals surface area (Å²) in [6, 6.07) is 0.702. The average molecular weight is 226 g/mol. The zero-order valence-corrected chi connectivity index (χ0v) is 10.8. The predicted octanol–water partition coefficient (Wildman–Crippen LogP) is 1.58. The highest BCUT2D eigenvalue weighted by Crippen LogP contribution is 2.15. The van der Waals surface area contributed by atoms with Gasteiger partial charge in [-0.05, 0) is 33.1 Å². The van der Waals surface area contributed by atoms with E-state index in [4.69, 9.17) is 4.74 Å². The fraction of sp³-hybridized carbons (Fsp3) is 1.00. The first-order chi connectivity index (χ1) is 7.75. The van der Waals surface area contributed by atoms with Gasteiger partial charge in [0.05, 0.1) is 6.10 Å². The molecule has 94 valence electrons. The molecule has 0 amide bonds. The Morgan fingerprint density at radius 2 is 1.88 bits per heavy atom. The molecule has 2 heterocycles. The summed E-state index contributed by atoms with van der Waals surface area (Å²) in [7, 11) is 0. The number of rotatable bonds is 3. The van der Waals surface area contributed by atoms with Crippen LogP contribution >= 0.6 is 0 Å². The van der Waals surface area contributed by atoms with Crippen LogP contribution in [0.3, 0.4) is 0 Å². The van der Waals surface area contributed by atoms with Crippen LogP contribution in [-0.2, 0) is 4.74 Å². The molecule has 16 heavy (non-hydrogen) atoms. The molecule has 0 aliphatic carbocycles. The maximum Gasteiger partial charge on any atom is 0.0702 e. The van der Waals surface area contributed by atoms with Gasteiger partial charge in [0.2, 0.25) is 0 Å². The quantitative estimate of drug-likeness (QED) is 0.727. The van der Waals surface area contributed by atoms with Crippen LogP contribution in [0.25, 0.3) is 0 Å². The van der Waals surface area contributed by atoms with Crippen molar-refractivity contribution in [1.29, 1.82) is 0 Å². The Kier molecular flexibility index (Phi) is 4.62. The van der Waals surface area contributed by atoms with E-state index in [1.54, 1.807) is 0 Å². The maximum absolute atomic E-state index is 5.80. The van der Waals surface area contributed by atoms with Gasteiger partial charge >= 0.3 is 0 Å². The standard InChI is InChI=1S/C13H26N2O/c1-12(2)15-8-6-14(7-9-15)11-13-5-3-4-10-16-13/h12-13H,3-11H2,1-2H3. The van der Waals surface area contributed by atoms with E-state index < -0.39 is 0 Å². The third-order valence-electron chi connectivity index (χ3n) is 3.87. The Labute approximate surface area is 99.7 Å². The molecule has 1 unspecified atom stereocenters. The van der Waals surface area contributed by atoms with Crippen LogP contribution in [0.15, 0.2) is 0 Å². The van der Waals surface area contributed by atoms with E-state index in [1.807, 2.05) is 0 Å². The van der Waals surface area contributed by atoms with Crippen molar-refractivity contribution >= 4 is 0 Å². The second-order valence-electron chi connectivity index (χ2n) is 5.42. The Bertz CT molecular complexity index is 194. The van der Waals surface area contributed by atoms with E-state index >= 15 is 0 Å². The molecule has 3 nitrogen and oxygen atoms in total. The number of piperazine rings is 1. The van der Waals surface area contributed by atoms with Crippen molar-refractivity contribution in [3.8, 4) is 0 Å². The van der Waals surface area contributed by atoms with Crippen molar-refractivity contribution < 1.29 is 4.74 Å². The van der Waals surface area contributed by atoms with Gasteiger partial charge in [0.1, 0.15) is 0 Å². The fourth-order valence-electron chi connectivity index (χ4n) is 2.70. The Balaban J connectivity index is 1.68. The monoisotopic (exact) mass is 226 g/mol. The first kappa shape index (κ1) is 12.3. The number of hydrogen-bond donors (Lipinski definition) is 0. The summed E-state index contributed by atoms with van der Waals surface area (Å²) >= 11 is 0. The lowest BCUT2D eigenvalue weighted by Gasteiger charge is -2.38. The minimum Gasteiger partial charge on any atom is -0.377 e. The highest BCUT2D eigenvalue weighted by atomic mass is 16.5. The zero-order chi connectivity index (χ0) is 11.4. The van der Waals surface area contributed by atoms with Gasteiger partial charge in [0.15, 0.2) is 0 Å². The Morgan fingerprint density at radius 3 is 2.44 bits per heavy atom. The molecule has 0 spiro atoms. The van der Waals surface area contributed by atoms with Gasteiger partial charge in [-0.1, -0.05) is 0 Å². The lowest BCUT2D eigenvalue weighted by molar-refractivity contribution is -0.0159. The molecule has 0 N–H and O–H groups in total. The fourth-order valence-corrected chi connectivity index (χ4v) is 2.70. The molecule has 1 atom stereocenters. The molecule has 0 aromatic rings. The summed E-state index contributed by atoms with van der Waals surface area (Å²) in [5.41, 5.74) is 0. The van der Waals surface area contributed by atoms with Crippen molar-refractivity contribution in [2.24, 2.45) is 0 Å². The van der Waals surface area contributed by atoms with Crippen molar-refractivity contribution in [3.05, 3.63) is 0 Å². The summed E-state index contributed by atoms with van der Waals surface area (Å²) in [5, 5.41) is 0. The molecule has 0 aromatic carbocycles. The summed E-state index contributed by atoms with van der Waals surface area (Å²) in [4.78, 5) is 5.15. The molecular formula is C13H26N2O. The van der Waals surface area contributed by atoms with E-state index in [0.717, 1.165) is 13.2 Å². The second-order valence-corrected chi connectivity index (χ2v) is 5.42. The molecule has 2 aliphatic heterocycles. The van der Waals surface area contributed by atoms with Crippen molar-refractivity contribution in [3.63, 3.8) is 0 Å². The first-order valence-electron chi connectivity index (χ1n) is 6.83. The highest BCUT2D eigenvalue weighted by molar-refractivity contribution is 4.77. The lowest BCUT2D eigenvalue weighted by Crippen LogP contribution is -2.51. The van der Waals surface area contributed by atoms with Crippen LogP contribution in [0, 0.1) is 0 Å². The van der Waals surface area contributed by atoms with Crippen LogP contribution in [-0.4, -0.2) is 61.3 Å². The molecule has 0 saturated carbocycles. The summed E-state index contributed by atoms with van der Waals surface area (Å²) in [6.07, 6.45) is 4.40. The average Bonchev–Trinajstić information content (AvgIpc) is 2.31. The summed E-state index contributed by atoms with van der Waals surface area (Å²) in [5.74, 6) is 0. The SMILES string of the molecule is CC(C)N1CCN(CC2CCCCO2)CC1. The van der Waals surface area contributed by atoms with Crippen LogP contribution in [0.4, 0.5) is 0 Å². The van der Waals surface area contributed by atoms with Crippen molar-refractivity contribution in [2.45, 2.75) is 45.3 Å². The zero-order valence-electron chi connectivity index (χ0n) is 10.8. The minimum absolute atomic E-state index is 0.513. The van der Waals surface area contributed by atoms with E-state index in [9.17, 15) is 0 Å². The summed E-state index contributed by atoms with van der Waals surface area (Å²) in [6.45, 7) is 11.6. The minimum atomic E-state index is 0.513. The van der Waals surface area contributed by atoms with E-state index in [0.29, 0.717) is 12.1 Å². The van der Waals surface area contributed by atoms with Gasteiger partial charge in [-0.15, -0.1) is 0 Å². The third-order valence-corrected chi connectivity index (χ3v) is 3.87. The van der Waals surface area contributed by atoms with Gasteiger partial charge in [-0.25, -0.2) is 0 Å². The highest BCUT2D eigenvalue weighted by Gasteiger charge is 2.22. The summed E-state index contributed by atoms with van der Waals surface area (Å²) < 4.78 is 5.80. The lowest BCUT2D eigenvalue weighted by atomic mass is 10.1. The predicted molar refractivity (Wildman–Crippen MR) is 66.7 cm³/mol. The second kappa shape index (κ2) is 5.99. The largest absolute Gasteiger partial charge is 0.377 e. The number of hydrogen-bond acceptors (Lipinski definition) is 3. The van der Waals surface area contributed by atoms with Gasteiger partial charge < -0.3 is 4.74 Å². The topological polar surface area (TPSA) is 15.7 Å². The van der Waals surface area contributed by atoms with Crippen LogP contribution < -0.4 is 0 Å². The molecular weight excluding hydrogens is 200 g/mol. The molecule has 2 rings (SSSR count). The number of ether oxygens (including phenoxy) is 1. The van der Waals surface area contributed by atoms with Gasteiger partial charge in [0, 0.05) is 45.4 Å². The molecule has 0 bridgehead atoms. The smallest absolute Gasteiger partial charge is 0.0702 e. The molecule has 2 fully saturated rings. The number of nitrogens with zero attached hydrogens (tertiary/aromatic N) is 2. The molecule has 0 aromatic heterocycles. The Hall–Kier alpha value is -0.120. The normalized spacial score (nSPS) is 29.8. The third kappa shape index (κ3) is 3.44. The molecule has 2 saturated heterocycles. The van der Waals surface area contributed by atoms with Crippen LogP contribution in [0.1, 0.15) is 33.1 Å². The van der Waals surface area contributed by atoms with E-state index in [2.05, 4.69) is 23.6 Å². The van der Waals surface area contributed by atoms with Crippen molar-refractivity contribution in [2.75, 3.05) is 39.3 Å². The molecule has 3 heteroatoms. The first-order valence-corrected chi connectivity index (χ1v) is 6.83.